The number of aryl methyl sites for hydroxylation is 2. The second-order valence-corrected chi connectivity index (χ2v) is 6.51. The standard InChI is InChI=1S/C20H21N7O/c1-14-19(25-17-7-4-3-6-16(17)24-14)20-22-9-11-27(20)15-12-23-26(13-15)10-5-8-18(28)21-2/h3-4,6-7,9,11-13H,5,8,10H2,1-2H3,(H,21,28). The van der Waals surface area contributed by atoms with Crippen molar-refractivity contribution in [2.75, 3.05) is 7.05 Å². The van der Waals surface area contributed by atoms with Crippen molar-refractivity contribution in [1.29, 1.82) is 0 Å². The van der Waals surface area contributed by atoms with E-state index in [0.29, 0.717) is 13.0 Å². The summed E-state index contributed by atoms with van der Waals surface area (Å²) in [5.74, 6) is 0.760. The lowest BCUT2D eigenvalue weighted by atomic mass is 10.2. The molecule has 3 heterocycles. The summed E-state index contributed by atoms with van der Waals surface area (Å²) >= 11 is 0. The predicted molar refractivity (Wildman–Crippen MR) is 106 cm³/mol. The Hall–Kier alpha value is -3.55. The van der Waals surface area contributed by atoms with E-state index in [1.165, 1.54) is 0 Å². The van der Waals surface area contributed by atoms with Gasteiger partial charge in [0.1, 0.15) is 5.69 Å². The third-order valence-corrected chi connectivity index (χ3v) is 4.57. The highest BCUT2D eigenvalue weighted by Crippen LogP contribution is 2.24. The fourth-order valence-corrected chi connectivity index (χ4v) is 3.11. The molecule has 8 heteroatoms. The first kappa shape index (κ1) is 17.8. The Balaban J connectivity index is 1.62. The van der Waals surface area contributed by atoms with Crippen molar-refractivity contribution in [2.45, 2.75) is 26.3 Å². The summed E-state index contributed by atoms with van der Waals surface area (Å²) in [4.78, 5) is 25.3. The zero-order valence-electron chi connectivity index (χ0n) is 15.8. The van der Waals surface area contributed by atoms with Gasteiger partial charge >= 0.3 is 0 Å². The van der Waals surface area contributed by atoms with Crippen molar-refractivity contribution >= 4 is 16.9 Å². The van der Waals surface area contributed by atoms with Gasteiger partial charge in [-0.25, -0.2) is 15.0 Å². The van der Waals surface area contributed by atoms with Gasteiger partial charge in [0, 0.05) is 38.6 Å². The van der Waals surface area contributed by atoms with Crippen LogP contribution in [-0.2, 0) is 11.3 Å². The van der Waals surface area contributed by atoms with Crippen molar-refractivity contribution in [1.82, 2.24) is 34.6 Å². The van der Waals surface area contributed by atoms with Gasteiger partial charge in [0.25, 0.3) is 0 Å². The van der Waals surface area contributed by atoms with E-state index in [1.807, 2.05) is 52.8 Å². The number of para-hydroxylation sites is 2. The summed E-state index contributed by atoms with van der Waals surface area (Å²) in [5, 5.41) is 7.03. The molecule has 0 saturated heterocycles. The number of aromatic nitrogens is 6. The molecular formula is C20H21N7O. The third kappa shape index (κ3) is 3.48. The number of hydrogen-bond donors (Lipinski definition) is 1. The van der Waals surface area contributed by atoms with Crippen molar-refractivity contribution in [3.8, 4) is 17.2 Å². The monoisotopic (exact) mass is 375 g/mol. The number of amides is 1. The Bertz CT molecular complexity index is 1130. The quantitative estimate of drug-likeness (QED) is 0.559. The van der Waals surface area contributed by atoms with Crippen molar-refractivity contribution in [3.05, 3.63) is 54.7 Å². The van der Waals surface area contributed by atoms with Crippen LogP contribution in [0, 0.1) is 6.92 Å². The highest BCUT2D eigenvalue weighted by atomic mass is 16.1. The lowest BCUT2D eigenvalue weighted by Gasteiger charge is -2.08. The van der Waals surface area contributed by atoms with E-state index in [4.69, 9.17) is 4.98 Å². The van der Waals surface area contributed by atoms with Crippen LogP contribution in [0.4, 0.5) is 0 Å². The molecule has 0 aliphatic carbocycles. The Morgan fingerprint density at radius 1 is 1.18 bits per heavy atom. The van der Waals surface area contributed by atoms with Crippen LogP contribution in [0.1, 0.15) is 18.5 Å². The summed E-state index contributed by atoms with van der Waals surface area (Å²) in [6.45, 7) is 2.61. The summed E-state index contributed by atoms with van der Waals surface area (Å²) in [7, 11) is 1.65. The zero-order chi connectivity index (χ0) is 19.5. The molecule has 3 aromatic heterocycles. The highest BCUT2D eigenvalue weighted by molar-refractivity contribution is 5.77. The van der Waals surface area contributed by atoms with Crippen molar-refractivity contribution in [3.63, 3.8) is 0 Å². The van der Waals surface area contributed by atoms with Crippen LogP contribution >= 0.6 is 0 Å². The lowest BCUT2D eigenvalue weighted by molar-refractivity contribution is -0.120. The number of carbonyl (C=O) groups is 1. The number of imidazole rings is 1. The van der Waals surface area contributed by atoms with Crippen LogP contribution in [0.15, 0.2) is 49.1 Å². The number of rotatable bonds is 6. The molecule has 0 unspecified atom stereocenters. The number of nitrogens with one attached hydrogen (secondary N) is 1. The molecule has 4 rings (SSSR count). The molecule has 1 aromatic carbocycles. The topological polar surface area (TPSA) is 90.5 Å². The Morgan fingerprint density at radius 2 is 1.96 bits per heavy atom. The average Bonchev–Trinajstić information content (AvgIpc) is 3.36. The maximum Gasteiger partial charge on any atom is 0.219 e. The summed E-state index contributed by atoms with van der Waals surface area (Å²) < 4.78 is 3.79. The molecule has 1 N–H and O–H groups in total. The van der Waals surface area contributed by atoms with Gasteiger partial charge in [0.05, 0.1) is 28.6 Å². The van der Waals surface area contributed by atoms with Crippen LogP contribution in [0.5, 0.6) is 0 Å². The van der Waals surface area contributed by atoms with Crippen LogP contribution in [0.3, 0.4) is 0 Å². The normalized spacial score (nSPS) is 11.1. The third-order valence-electron chi connectivity index (χ3n) is 4.57. The second kappa shape index (κ2) is 7.59. The van der Waals surface area contributed by atoms with Crippen LogP contribution in [0.2, 0.25) is 0 Å². The fraction of sp³-hybridized carbons (Fsp3) is 0.250. The Morgan fingerprint density at radius 3 is 2.75 bits per heavy atom. The van der Waals surface area contributed by atoms with Gasteiger partial charge in [-0.3, -0.25) is 14.0 Å². The molecule has 0 spiro atoms. The minimum atomic E-state index is 0.0367. The van der Waals surface area contributed by atoms with Crippen LogP contribution in [0.25, 0.3) is 28.2 Å². The van der Waals surface area contributed by atoms with Gasteiger partial charge in [-0.15, -0.1) is 0 Å². The molecule has 0 atom stereocenters. The molecule has 142 valence electrons. The molecule has 0 aliphatic heterocycles. The fourth-order valence-electron chi connectivity index (χ4n) is 3.11. The predicted octanol–water partition coefficient (Wildman–Crippen LogP) is 2.51. The van der Waals surface area contributed by atoms with Crippen molar-refractivity contribution < 1.29 is 4.79 Å². The molecule has 0 radical (unpaired) electrons. The molecule has 0 bridgehead atoms. The molecule has 0 saturated carbocycles. The zero-order valence-corrected chi connectivity index (χ0v) is 15.8. The first-order valence-electron chi connectivity index (χ1n) is 9.16. The molecule has 0 aliphatic rings. The van der Waals surface area contributed by atoms with Gasteiger partial charge in [-0.2, -0.15) is 5.10 Å². The summed E-state index contributed by atoms with van der Waals surface area (Å²) in [6, 6.07) is 7.80. The molecule has 8 nitrogen and oxygen atoms in total. The number of carbonyl (C=O) groups excluding carboxylic acids is 1. The van der Waals surface area contributed by atoms with Gasteiger partial charge in [-0.1, -0.05) is 12.1 Å². The summed E-state index contributed by atoms with van der Waals surface area (Å²) in [6.07, 6.45) is 8.57. The molecular weight excluding hydrogens is 354 g/mol. The largest absolute Gasteiger partial charge is 0.359 e. The smallest absolute Gasteiger partial charge is 0.219 e. The SMILES string of the molecule is CNC(=O)CCCn1cc(-n2ccnc2-c2nc3ccccc3nc2C)cn1. The first-order valence-corrected chi connectivity index (χ1v) is 9.16. The maximum atomic E-state index is 11.4. The molecule has 1 amide bonds. The number of nitrogens with zero attached hydrogens (tertiary/aromatic N) is 6. The Labute approximate surface area is 162 Å². The minimum Gasteiger partial charge on any atom is -0.359 e. The lowest BCUT2D eigenvalue weighted by Crippen LogP contribution is -2.17. The van der Waals surface area contributed by atoms with E-state index in [0.717, 1.165) is 40.4 Å². The van der Waals surface area contributed by atoms with E-state index in [-0.39, 0.29) is 5.91 Å². The van der Waals surface area contributed by atoms with E-state index in [2.05, 4.69) is 20.4 Å². The maximum absolute atomic E-state index is 11.4. The molecule has 4 aromatic rings. The molecule has 28 heavy (non-hydrogen) atoms. The van der Waals surface area contributed by atoms with Gasteiger partial charge < -0.3 is 5.32 Å². The van der Waals surface area contributed by atoms with E-state index >= 15 is 0 Å². The highest BCUT2D eigenvalue weighted by Gasteiger charge is 2.15. The van der Waals surface area contributed by atoms with Crippen LogP contribution < -0.4 is 5.32 Å². The number of hydrogen-bond acceptors (Lipinski definition) is 5. The van der Waals surface area contributed by atoms with Gasteiger partial charge in [0.15, 0.2) is 5.82 Å². The first-order chi connectivity index (χ1) is 13.7. The minimum absolute atomic E-state index is 0.0367. The van der Waals surface area contributed by atoms with Crippen LogP contribution in [-0.4, -0.2) is 42.3 Å². The van der Waals surface area contributed by atoms with Crippen molar-refractivity contribution in [2.24, 2.45) is 0 Å². The second-order valence-electron chi connectivity index (χ2n) is 6.51. The average molecular weight is 375 g/mol. The Kier molecular flexibility index (Phi) is 4.84. The number of fused-ring (bicyclic) bond motifs is 1. The molecule has 0 fully saturated rings. The van der Waals surface area contributed by atoms with E-state index in [1.54, 1.807) is 19.4 Å². The van der Waals surface area contributed by atoms with Gasteiger partial charge in [0.2, 0.25) is 5.91 Å². The van der Waals surface area contributed by atoms with Gasteiger partial charge in [-0.05, 0) is 25.5 Å². The number of benzene rings is 1. The van der Waals surface area contributed by atoms with E-state index in [9.17, 15) is 4.79 Å². The summed E-state index contributed by atoms with van der Waals surface area (Å²) in [5.41, 5.74) is 4.16. The van der Waals surface area contributed by atoms with E-state index < -0.39 is 0 Å².